The first-order valence-electron chi connectivity index (χ1n) is 12.8. The summed E-state index contributed by atoms with van der Waals surface area (Å²) in [4.78, 5) is 12.6. The average molecular weight is 400 g/mol. The van der Waals surface area contributed by atoms with Crippen molar-refractivity contribution in [1.29, 1.82) is 5.26 Å². The standard InChI is InChI=1S/C26H41NO2/c27-18-19-6-16-25(17-7-19)29-26(28)24-14-12-23(13-15-24)22-10-8-21(9-11-22)20-4-2-1-3-5-20/h19-25H,1-17H2. The second kappa shape index (κ2) is 10.3. The second-order valence-corrected chi connectivity index (χ2v) is 10.7. The van der Waals surface area contributed by atoms with Crippen LogP contribution < -0.4 is 0 Å². The number of esters is 1. The molecule has 0 radical (unpaired) electrons. The molecule has 0 bridgehead atoms. The lowest BCUT2D eigenvalue weighted by molar-refractivity contribution is -0.157. The van der Waals surface area contributed by atoms with E-state index < -0.39 is 0 Å². The Balaban J connectivity index is 1.15. The molecule has 0 heterocycles. The molecule has 0 amide bonds. The molecule has 0 saturated heterocycles. The maximum Gasteiger partial charge on any atom is 0.309 e. The first kappa shape index (κ1) is 21.2. The van der Waals surface area contributed by atoms with Crippen molar-refractivity contribution in [3.8, 4) is 6.07 Å². The van der Waals surface area contributed by atoms with Gasteiger partial charge in [0.2, 0.25) is 0 Å². The van der Waals surface area contributed by atoms with Gasteiger partial charge in [-0.05, 0) is 101 Å². The van der Waals surface area contributed by atoms with Crippen LogP contribution in [0.25, 0.3) is 0 Å². The zero-order chi connectivity index (χ0) is 20.1. The van der Waals surface area contributed by atoms with Crippen LogP contribution in [0.4, 0.5) is 0 Å². The third kappa shape index (κ3) is 5.56. The first-order valence-corrected chi connectivity index (χ1v) is 12.8. The summed E-state index contributed by atoms with van der Waals surface area (Å²) in [5, 5.41) is 9.02. The third-order valence-corrected chi connectivity index (χ3v) is 9.04. The van der Waals surface area contributed by atoms with E-state index >= 15 is 0 Å². The molecule has 162 valence electrons. The van der Waals surface area contributed by atoms with Crippen molar-refractivity contribution in [3.63, 3.8) is 0 Å². The summed E-state index contributed by atoms with van der Waals surface area (Å²) < 4.78 is 5.84. The van der Waals surface area contributed by atoms with Crippen LogP contribution in [0.1, 0.15) is 109 Å². The molecule has 3 nitrogen and oxygen atoms in total. The Morgan fingerprint density at radius 1 is 0.621 bits per heavy atom. The fraction of sp³-hybridized carbons (Fsp3) is 0.923. The highest BCUT2D eigenvalue weighted by Crippen LogP contribution is 2.45. The Labute approximate surface area is 178 Å². The highest BCUT2D eigenvalue weighted by molar-refractivity contribution is 5.72. The van der Waals surface area contributed by atoms with Crippen molar-refractivity contribution in [2.45, 2.75) is 115 Å². The van der Waals surface area contributed by atoms with Crippen molar-refractivity contribution in [3.05, 3.63) is 0 Å². The number of hydrogen-bond donors (Lipinski definition) is 0. The van der Waals surface area contributed by atoms with Crippen molar-refractivity contribution >= 4 is 5.97 Å². The van der Waals surface area contributed by atoms with Crippen molar-refractivity contribution in [2.24, 2.45) is 35.5 Å². The number of hydrogen-bond acceptors (Lipinski definition) is 3. The van der Waals surface area contributed by atoms with Crippen LogP contribution in [0.5, 0.6) is 0 Å². The summed E-state index contributed by atoms with van der Waals surface area (Å²) in [6.45, 7) is 0. The molecule has 29 heavy (non-hydrogen) atoms. The Morgan fingerprint density at radius 3 is 1.62 bits per heavy atom. The normalized spacial score (nSPS) is 39.4. The van der Waals surface area contributed by atoms with Crippen LogP contribution >= 0.6 is 0 Å². The Bertz CT molecular complexity index is 552. The van der Waals surface area contributed by atoms with E-state index in [0.29, 0.717) is 0 Å². The van der Waals surface area contributed by atoms with Crippen LogP contribution in [0.15, 0.2) is 0 Å². The van der Waals surface area contributed by atoms with Crippen LogP contribution in [0.3, 0.4) is 0 Å². The van der Waals surface area contributed by atoms with Gasteiger partial charge >= 0.3 is 5.97 Å². The van der Waals surface area contributed by atoms with Crippen molar-refractivity contribution in [1.82, 2.24) is 0 Å². The largest absolute Gasteiger partial charge is 0.462 e. The van der Waals surface area contributed by atoms with Gasteiger partial charge in [-0.2, -0.15) is 5.26 Å². The van der Waals surface area contributed by atoms with Gasteiger partial charge in [-0.15, -0.1) is 0 Å². The number of carbonyl (C=O) groups excluding carboxylic acids is 1. The van der Waals surface area contributed by atoms with E-state index in [1.54, 1.807) is 0 Å². The number of carbonyl (C=O) groups is 1. The highest BCUT2D eigenvalue weighted by atomic mass is 16.5. The zero-order valence-corrected chi connectivity index (χ0v) is 18.3. The zero-order valence-electron chi connectivity index (χ0n) is 18.3. The van der Waals surface area contributed by atoms with Gasteiger partial charge in [0.05, 0.1) is 12.0 Å². The smallest absolute Gasteiger partial charge is 0.309 e. The highest BCUT2D eigenvalue weighted by Gasteiger charge is 2.36. The number of ether oxygens (including phenoxy) is 1. The van der Waals surface area contributed by atoms with E-state index in [4.69, 9.17) is 10.00 Å². The molecule has 4 aliphatic carbocycles. The SMILES string of the molecule is N#CC1CCC(OC(=O)C2CCC(C3CCC(C4CCCCC4)CC3)CC2)CC1. The van der Waals surface area contributed by atoms with Crippen LogP contribution in [-0.4, -0.2) is 12.1 Å². The van der Waals surface area contributed by atoms with Crippen molar-refractivity contribution < 1.29 is 9.53 Å². The molecule has 0 N–H and O–H groups in total. The molecule has 0 aromatic carbocycles. The topological polar surface area (TPSA) is 50.1 Å². The molecule has 0 spiro atoms. The van der Waals surface area contributed by atoms with E-state index in [0.717, 1.165) is 62.2 Å². The summed E-state index contributed by atoms with van der Waals surface area (Å²) in [5.74, 6) is 4.22. The minimum Gasteiger partial charge on any atom is -0.462 e. The van der Waals surface area contributed by atoms with E-state index in [1.807, 2.05) is 0 Å². The monoisotopic (exact) mass is 399 g/mol. The average Bonchev–Trinajstić information content (AvgIpc) is 2.80. The molecule has 3 heteroatoms. The van der Waals surface area contributed by atoms with E-state index in [2.05, 4.69) is 6.07 Å². The number of nitrogens with zero attached hydrogens (tertiary/aromatic N) is 1. The van der Waals surface area contributed by atoms with Gasteiger partial charge in [0.1, 0.15) is 6.10 Å². The van der Waals surface area contributed by atoms with Gasteiger partial charge in [0, 0.05) is 5.92 Å². The van der Waals surface area contributed by atoms with Crippen LogP contribution in [0.2, 0.25) is 0 Å². The predicted molar refractivity (Wildman–Crippen MR) is 115 cm³/mol. The lowest BCUT2D eigenvalue weighted by Gasteiger charge is -2.40. The molecule has 4 saturated carbocycles. The van der Waals surface area contributed by atoms with Gasteiger partial charge in [-0.1, -0.05) is 32.1 Å². The summed E-state index contributed by atoms with van der Waals surface area (Å²) in [6.07, 6.45) is 21.4. The predicted octanol–water partition coefficient (Wildman–Crippen LogP) is 6.81. The lowest BCUT2D eigenvalue weighted by Crippen LogP contribution is -2.32. The molecule has 4 rings (SSSR count). The van der Waals surface area contributed by atoms with Gasteiger partial charge in [0.25, 0.3) is 0 Å². The minimum absolute atomic E-state index is 0.0601. The van der Waals surface area contributed by atoms with Gasteiger partial charge in [0.15, 0.2) is 0 Å². The fourth-order valence-electron chi connectivity index (χ4n) is 7.09. The molecule has 0 unspecified atom stereocenters. The minimum atomic E-state index is 0.0601. The quantitative estimate of drug-likeness (QED) is 0.488. The Kier molecular flexibility index (Phi) is 7.54. The van der Waals surface area contributed by atoms with Crippen LogP contribution in [0, 0.1) is 46.8 Å². The van der Waals surface area contributed by atoms with E-state index in [-0.39, 0.29) is 23.9 Å². The first-order chi connectivity index (χ1) is 14.2. The van der Waals surface area contributed by atoms with Crippen molar-refractivity contribution in [2.75, 3.05) is 0 Å². The number of nitriles is 1. The molecular weight excluding hydrogens is 358 g/mol. The second-order valence-electron chi connectivity index (χ2n) is 10.7. The van der Waals surface area contributed by atoms with E-state index in [1.165, 1.54) is 70.6 Å². The summed E-state index contributed by atoms with van der Waals surface area (Å²) in [6, 6.07) is 2.36. The molecule has 4 fully saturated rings. The molecule has 0 aliphatic heterocycles. The lowest BCUT2D eigenvalue weighted by atomic mass is 9.66. The Morgan fingerprint density at radius 2 is 1.10 bits per heavy atom. The summed E-state index contributed by atoms with van der Waals surface area (Å²) in [7, 11) is 0. The maximum atomic E-state index is 12.6. The van der Waals surface area contributed by atoms with Gasteiger partial charge < -0.3 is 4.74 Å². The molecule has 0 aromatic rings. The summed E-state index contributed by atoms with van der Waals surface area (Å²) >= 11 is 0. The molecular formula is C26H41NO2. The third-order valence-electron chi connectivity index (χ3n) is 9.04. The Hall–Kier alpha value is -1.04. The molecule has 0 aromatic heterocycles. The maximum absolute atomic E-state index is 12.6. The summed E-state index contributed by atoms with van der Waals surface area (Å²) in [5.41, 5.74) is 0. The molecule has 0 atom stereocenters. The van der Waals surface area contributed by atoms with Gasteiger partial charge in [-0.3, -0.25) is 4.79 Å². The molecule has 4 aliphatic rings. The van der Waals surface area contributed by atoms with E-state index in [9.17, 15) is 4.79 Å². The van der Waals surface area contributed by atoms with Gasteiger partial charge in [-0.25, -0.2) is 0 Å². The van der Waals surface area contributed by atoms with Crippen LogP contribution in [-0.2, 0) is 9.53 Å². The fourth-order valence-corrected chi connectivity index (χ4v) is 7.09. The number of rotatable bonds is 4.